The van der Waals surface area contributed by atoms with Crippen molar-refractivity contribution < 1.29 is 38.8 Å². The Labute approximate surface area is 266 Å². The first-order valence-electron chi connectivity index (χ1n) is 15.0. The maximum atomic E-state index is 13.0. The SMILES string of the molecule is C[C@H]1[C@@H](CSCCO)O[C@@H](c2ccc(CN3C(=O)CC(NC(=O)OCc4ccccc4)C3=O)cc2)O[C@H]1c1ccc(CO)cc1. The van der Waals surface area contributed by atoms with E-state index in [-0.39, 0.29) is 56.8 Å². The summed E-state index contributed by atoms with van der Waals surface area (Å²) in [7, 11) is 0. The summed E-state index contributed by atoms with van der Waals surface area (Å²) in [5, 5.41) is 21.2. The van der Waals surface area contributed by atoms with Crippen LogP contribution in [0.15, 0.2) is 78.9 Å². The number of ether oxygens (including phenoxy) is 3. The molecule has 0 saturated carbocycles. The molecule has 11 heteroatoms. The molecular weight excluding hydrogens is 596 g/mol. The molecule has 2 aliphatic rings. The highest BCUT2D eigenvalue weighted by Crippen LogP contribution is 2.42. The van der Waals surface area contributed by atoms with Gasteiger partial charge in [-0.15, -0.1) is 0 Å². The van der Waals surface area contributed by atoms with E-state index in [0.29, 0.717) is 11.5 Å². The molecule has 238 valence electrons. The Morgan fingerprint density at radius 2 is 1.62 bits per heavy atom. The van der Waals surface area contributed by atoms with Crippen molar-refractivity contribution >= 4 is 29.7 Å². The van der Waals surface area contributed by atoms with Crippen LogP contribution < -0.4 is 5.32 Å². The normalized spacial score (nSPS) is 23.3. The topological polar surface area (TPSA) is 135 Å². The number of nitrogens with zero attached hydrogens (tertiary/aromatic N) is 1. The van der Waals surface area contributed by atoms with Gasteiger partial charge >= 0.3 is 6.09 Å². The van der Waals surface area contributed by atoms with E-state index in [9.17, 15) is 24.6 Å². The number of thioether (sulfide) groups is 1. The minimum absolute atomic E-state index is 0.0348. The molecule has 5 atom stereocenters. The summed E-state index contributed by atoms with van der Waals surface area (Å²) in [5.41, 5.74) is 4.15. The number of hydrogen-bond acceptors (Lipinski definition) is 9. The van der Waals surface area contributed by atoms with E-state index < -0.39 is 24.3 Å². The zero-order chi connectivity index (χ0) is 31.8. The van der Waals surface area contributed by atoms with Crippen LogP contribution in [0.2, 0.25) is 0 Å². The Balaban J connectivity index is 1.21. The van der Waals surface area contributed by atoms with Gasteiger partial charge in [-0.2, -0.15) is 11.8 Å². The van der Waals surface area contributed by atoms with E-state index in [1.165, 1.54) is 0 Å². The van der Waals surface area contributed by atoms with Gasteiger partial charge < -0.3 is 29.7 Å². The molecule has 3 aromatic rings. The molecule has 0 radical (unpaired) electrons. The fraction of sp³-hybridized carbons (Fsp3) is 0.382. The number of benzene rings is 3. The van der Waals surface area contributed by atoms with Crippen LogP contribution in [0, 0.1) is 5.92 Å². The maximum Gasteiger partial charge on any atom is 0.408 e. The van der Waals surface area contributed by atoms with Gasteiger partial charge in [0.05, 0.1) is 38.4 Å². The molecule has 2 heterocycles. The first kappa shape index (κ1) is 32.6. The summed E-state index contributed by atoms with van der Waals surface area (Å²) in [6.45, 7) is 2.27. The molecule has 0 aliphatic carbocycles. The van der Waals surface area contributed by atoms with E-state index in [0.717, 1.165) is 32.7 Å². The van der Waals surface area contributed by atoms with Crippen molar-refractivity contribution in [1.82, 2.24) is 10.2 Å². The van der Waals surface area contributed by atoms with E-state index >= 15 is 0 Å². The van der Waals surface area contributed by atoms with Crippen LogP contribution in [0.5, 0.6) is 0 Å². The third kappa shape index (κ3) is 8.30. The molecule has 10 nitrogen and oxygen atoms in total. The summed E-state index contributed by atoms with van der Waals surface area (Å²) in [6.07, 6.45) is -1.92. The van der Waals surface area contributed by atoms with E-state index in [1.54, 1.807) is 11.8 Å². The van der Waals surface area contributed by atoms with Crippen molar-refractivity contribution in [2.45, 2.75) is 57.6 Å². The van der Waals surface area contributed by atoms with Crippen LogP contribution in [-0.4, -0.2) is 63.3 Å². The molecule has 3 N–H and O–H groups in total. The number of hydrogen-bond donors (Lipinski definition) is 3. The van der Waals surface area contributed by atoms with Gasteiger partial charge in [-0.05, 0) is 22.3 Å². The predicted molar refractivity (Wildman–Crippen MR) is 168 cm³/mol. The predicted octanol–water partition coefficient (Wildman–Crippen LogP) is 4.25. The lowest BCUT2D eigenvalue weighted by Crippen LogP contribution is -2.41. The summed E-state index contributed by atoms with van der Waals surface area (Å²) in [4.78, 5) is 39.1. The number of likely N-dealkylation sites (tertiary alicyclic amines) is 1. The quantitative estimate of drug-likeness (QED) is 0.197. The third-order valence-corrected chi connectivity index (χ3v) is 9.02. The molecule has 2 aliphatic heterocycles. The molecule has 3 amide bonds. The smallest absolute Gasteiger partial charge is 0.408 e. The van der Waals surface area contributed by atoms with Crippen molar-refractivity contribution in [1.29, 1.82) is 0 Å². The molecule has 0 spiro atoms. The van der Waals surface area contributed by atoms with Crippen LogP contribution in [0.25, 0.3) is 0 Å². The number of aliphatic hydroxyl groups excluding tert-OH is 2. The minimum atomic E-state index is -0.977. The number of imide groups is 1. The molecular formula is C34H38N2O8S. The number of aliphatic hydroxyl groups is 2. The van der Waals surface area contributed by atoms with Crippen molar-refractivity contribution in [3.63, 3.8) is 0 Å². The Bertz CT molecular complexity index is 1440. The second-order valence-corrected chi connectivity index (χ2v) is 12.3. The van der Waals surface area contributed by atoms with Crippen LogP contribution in [0.3, 0.4) is 0 Å². The zero-order valence-electron chi connectivity index (χ0n) is 25.0. The Morgan fingerprint density at radius 3 is 2.31 bits per heavy atom. The van der Waals surface area contributed by atoms with Crippen LogP contribution in [0.4, 0.5) is 4.79 Å². The van der Waals surface area contributed by atoms with Crippen molar-refractivity contribution in [3.05, 3.63) is 107 Å². The molecule has 5 rings (SSSR count). The van der Waals surface area contributed by atoms with Gasteiger partial charge in [0.25, 0.3) is 5.91 Å². The summed E-state index contributed by atoms with van der Waals surface area (Å²) in [6, 6.07) is 23.3. The number of carbonyl (C=O) groups is 3. The van der Waals surface area contributed by atoms with E-state index in [4.69, 9.17) is 14.2 Å². The minimum Gasteiger partial charge on any atom is -0.445 e. The van der Waals surface area contributed by atoms with Crippen molar-refractivity contribution in [3.8, 4) is 0 Å². The number of carbonyl (C=O) groups excluding carboxylic acids is 3. The lowest BCUT2D eigenvalue weighted by molar-refractivity contribution is -0.268. The second kappa shape index (κ2) is 15.5. The summed E-state index contributed by atoms with van der Waals surface area (Å²) < 4.78 is 18.1. The number of rotatable bonds is 12. The van der Waals surface area contributed by atoms with Crippen LogP contribution >= 0.6 is 11.8 Å². The zero-order valence-corrected chi connectivity index (χ0v) is 25.9. The van der Waals surface area contributed by atoms with E-state index in [2.05, 4.69) is 12.2 Å². The summed E-state index contributed by atoms with van der Waals surface area (Å²) >= 11 is 1.62. The van der Waals surface area contributed by atoms with Gasteiger partial charge in [0.1, 0.15) is 12.6 Å². The average Bonchev–Trinajstić information content (AvgIpc) is 3.32. The molecule has 1 unspecified atom stereocenters. The van der Waals surface area contributed by atoms with Crippen molar-refractivity contribution in [2.75, 3.05) is 18.1 Å². The van der Waals surface area contributed by atoms with Crippen LogP contribution in [0.1, 0.15) is 53.6 Å². The van der Waals surface area contributed by atoms with Gasteiger partial charge in [-0.1, -0.05) is 85.8 Å². The number of alkyl carbamates (subject to hydrolysis) is 1. The summed E-state index contributed by atoms with van der Waals surface area (Å²) in [5.74, 6) is 0.493. The highest BCUT2D eigenvalue weighted by molar-refractivity contribution is 7.99. The second-order valence-electron chi connectivity index (χ2n) is 11.1. The van der Waals surface area contributed by atoms with Crippen molar-refractivity contribution in [2.24, 2.45) is 5.92 Å². The Hall–Kier alpha value is -3.74. The van der Waals surface area contributed by atoms with Gasteiger partial charge in [-0.3, -0.25) is 14.5 Å². The number of amides is 3. The highest BCUT2D eigenvalue weighted by atomic mass is 32.2. The average molecular weight is 635 g/mol. The molecule has 2 saturated heterocycles. The number of nitrogens with one attached hydrogen (secondary N) is 1. The fourth-order valence-corrected chi connectivity index (χ4v) is 6.32. The lowest BCUT2D eigenvalue weighted by Gasteiger charge is -2.41. The Kier molecular flexibility index (Phi) is 11.2. The largest absolute Gasteiger partial charge is 0.445 e. The van der Waals surface area contributed by atoms with E-state index in [1.807, 2.05) is 78.9 Å². The molecule has 3 aromatic carbocycles. The van der Waals surface area contributed by atoms with Gasteiger partial charge in [0.2, 0.25) is 5.91 Å². The van der Waals surface area contributed by atoms with Gasteiger partial charge in [-0.25, -0.2) is 4.79 Å². The fourth-order valence-electron chi connectivity index (χ4n) is 5.41. The molecule has 0 aromatic heterocycles. The highest BCUT2D eigenvalue weighted by Gasteiger charge is 2.40. The first-order chi connectivity index (χ1) is 21.9. The maximum absolute atomic E-state index is 13.0. The first-order valence-corrected chi connectivity index (χ1v) is 16.1. The monoisotopic (exact) mass is 634 g/mol. The van der Waals surface area contributed by atoms with Gasteiger partial charge in [0, 0.05) is 23.0 Å². The third-order valence-electron chi connectivity index (χ3n) is 7.98. The molecule has 45 heavy (non-hydrogen) atoms. The molecule has 0 bridgehead atoms. The van der Waals surface area contributed by atoms with Crippen LogP contribution in [-0.2, 0) is 43.6 Å². The lowest BCUT2D eigenvalue weighted by atomic mass is 9.91. The van der Waals surface area contributed by atoms with Gasteiger partial charge in [0.15, 0.2) is 6.29 Å². The standard InChI is InChI=1S/C34H38N2O8S/c1-22-29(21-45-16-15-37)43-33(44-31(22)26-11-9-24(19-38)10-12-26)27-13-7-23(8-14-27)18-36-30(39)17-28(32(36)40)35-34(41)42-20-25-5-3-2-4-6-25/h2-14,22,28-29,31,33,37-38H,15-21H2,1H3,(H,35,41)/t22-,28?,29+,31+,33+/m0/s1. The molecule has 2 fully saturated rings. The Morgan fingerprint density at radius 1 is 0.933 bits per heavy atom.